The van der Waals surface area contributed by atoms with Crippen LogP contribution in [0.2, 0.25) is 0 Å². The Bertz CT molecular complexity index is 1100. The van der Waals surface area contributed by atoms with E-state index in [1.165, 1.54) is 4.90 Å². The molecular formula is C26H36F3N5O4. The Balaban J connectivity index is 1.55. The number of pyridine rings is 1. The summed E-state index contributed by atoms with van der Waals surface area (Å²) in [6.07, 6.45) is -2.96. The Kier molecular flexibility index (Phi) is 7.41. The number of fused-ring (bicyclic) bond motifs is 2. The first-order valence-electron chi connectivity index (χ1n) is 12.8. The van der Waals surface area contributed by atoms with Gasteiger partial charge in [-0.2, -0.15) is 13.2 Å². The molecule has 0 aromatic carbocycles. The molecule has 0 unspecified atom stereocenters. The van der Waals surface area contributed by atoms with Crippen molar-refractivity contribution in [2.45, 2.75) is 64.4 Å². The molecule has 3 heterocycles. The van der Waals surface area contributed by atoms with E-state index in [1.54, 1.807) is 39.8 Å². The molecule has 1 saturated carbocycles. The maximum atomic E-state index is 14.1. The highest BCUT2D eigenvalue weighted by Gasteiger charge is 2.59. The number of alkyl halides is 3. The maximum Gasteiger partial charge on any atom is 0.417 e. The van der Waals surface area contributed by atoms with Crippen LogP contribution in [0.5, 0.6) is 0 Å². The molecule has 1 aliphatic carbocycles. The van der Waals surface area contributed by atoms with Crippen molar-refractivity contribution < 1.29 is 32.3 Å². The second-order valence-corrected chi connectivity index (χ2v) is 11.9. The third-order valence-electron chi connectivity index (χ3n) is 7.60. The first-order chi connectivity index (χ1) is 17.6. The quantitative estimate of drug-likeness (QED) is 0.633. The highest BCUT2D eigenvalue weighted by atomic mass is 19.4. The number of rotatable bonds is 4. The number of carbonyl (C=O) groups is 3. The molecule has 2 aliphatic heterocycles. The van der Waals surface area contributed by atoms with Crippen molar-refractivity contribution in [3.05, 3.63) is 29.1 Å². The number of likely N-dealkylation sites (N-methyl/N-ethyl adjacent to an activating group) is 1. The average Bonchev–Trinajstić information content (AvgIpc) is 3.29. The Hall–Kier alpha value is -2.89. The maximum absolute atomic E-state index is 14.1. The minimum absolute atomic E-state index is 0.0420. The molecule has 3 aliphatic rings. The lowest BCUT2D eigenvalue weighted by Crippen LogP contribution is -2.50. The van der Waals surface area contributed by atoms with Crippen LogP contribution in [-0.2, 0) is 33.5 Å². The summed E-state index contributed by atoms with van der Waals surface area (Å²) in [6.45, 7) is 6.73. The summed E-state index contributed by atoms with van der Waals surface area (Å²) in [5.41, 5.74) is -1.40. The van der Waals surface area contributed by atoms with Crippen molar-refractivity contribution in [3.63, 3.8) is 0 Å². The molecule has 0 radical (unpaired) electrons. The molecule has 2 fully saturated rings. The normalized spacial score (nSPS) is 25.5. The van der Waals surface area contributed by atoms with Gasteiger partial charge in [0.1, 0.15) is 5.60 Å². The number of hydrogen-bond donors (Lipinski definition) is 1. The summed E-state index contributed by atoms with van der Waals surface area (Å²) in [6, 6.07) is 0.788. The van der Waals surface area contributed by atoms with Gasteiger partial charge in [0.15, 0.2) is 0 Å². The van der Waals surface area contributed by atoms with E-state index in [4.69, 9.17) is 4.74 Å². The van der Waals surface area contributed by atoms with Crippen LogP contribution in [0.15, 0.2) is 12.3 Å². The number of amides is 3. The van der Waals surface area contributed by atoms with Gasteiger partial charge in [-0.15, -0.1) is 0 Å². The van der Waals surface area contributed by atoms with Crippen molar-refractivity contribution >= 4 is 17.9 Å². The number of hydrogen-bond acceptors (Lipinski definition) is 6. The summed E-state index contributed by atoms with van der Waals surface area (Å²) in [7, 11) is 3.35. The van der Waals surface area contributed by atoms with Crippen LogP contribution in [0, 0.1) is 11.3 Å². The predicted molar refractivity (Wildman–Crippen MR) is 132 cm³/mol. The van der Waals surface area contributed by atoms with Crippen molar-refractivity contribution in [3.8, 4) is 0 Å². The Morgan fingerprint density at radius 3 is 2.58 bits per heavy atom. The molecule has 0 spiro atoms. The fourth-order valence-electron chi connectivity index (χ4n) is 5.91. The third-order valence-corrected chi connectivity index (χ3v) is 7.60. The van der Waals surface area contributed by atoms with Crippen LogP contribution < -0.4 is 5.32 Å². The summed E-state index contributed by atoms with van der Waals surface area (Å²) in [4.78, 5) is 48.1. The van der Waals surface area contributed by atoms with Crippen molar-refractivity contribution in [1.82, 2.24) is 25.0 Å². The average molecular weight is 540 g/mol. The monoisotopic (exact) mass is 539 g/mol. The zero-order valence-corrected chi connectivity index (χ0v) is 22.5. The van der Waals surface area contributed by atoms with Gasteiger partial charge >= 0.3 is 12.3 Å². The minimum Gasteiger partial charge on any atom is -0.444 e. The summed E-state index contributed by atoms with van der Waals surface area (Å²) in [5, 5.41) is 2.90. The lowest BCUT2D eigenvalue weighted by atomic mass is 9.78. The van der Waals surface area contributed by atoms with Crippen LogP contribution in [-0.4, -0.2) is 89.5 Å². The summed E-state index contributed by atoms with van der Waals surface area (Å²) >= 11 is 0. The molecule has 3 atom stereocenters. The van der Waals surface area contributed by atoms with Crippen LogP contribution in [0.4, 0.5) is 18.0 Å². The molecule has 210 valence electrons. The van der Waals surface area contributed by atoms with E-state index >= 15 is 0 Å². The zero-order chi connectivity index (χ0) is 28.0. The number of carbonyl (C=O) groups excluding carboxylic acids is 3. The van der Waals surface area contributed by atoms with Crippen molar-refractivity contribution in [1.29, 1.82) is 0 Å². The number of alkyl carbamates (subject to hydrolysis) is 1. The van der Waals surface area contributed by atoms with Gasteiger partial charge in [-0.3, -0.25) is 19.5 Å². The van der Waals surface area contributed by atoms with Crippen LogP contribution in [0.3, 0.4) is 0 Å². The molecule has 1 saturated heterocycles. The molecular weight excluding hydrogens is 503 g/mol. The van der Waals surface area contributed by atoms with Gasteiger partial charge in [-0.25, -0.2) is 4.79 Å². The van der Waals surface area contributed by atoms with E-state index in [0.29, 0.717) is 50.2 Å². The van der Waals surface area contributed by atoms with Crippen LogP contribution in [0.1, 0.15) is 50.4 Å². The molecule has 4 rings (SSSR count). The SMILES string of the molecule is CN(C)C(=O)CN1C[C@@H]2C[C@@H](NC(=O)OC(C)(C)C)C[C@]2(C(=O)N2CCc3ncc(C(F)(F)F)cc3C2)C1. The number of aromatic nitrogens is 1. The lowest BCUT2D eigenvalue weighted by Gasteiger charge is -2.37. The Morgan fingerprint density at radius 2 is 1.95 bits per heavy atom. The number of likely N-dealkylation sites (tertiary alicyclic amines) is 1. The topological polar surface area (TPSA) is 95.1 Å². The molecule has 12 heteroatoms. The highest BCUT2D eigenvalue weighted by molar-refractivity contribution is 5.85. The molecule has 1 aromatic rings. The van der Waals surface area contributed by atoms with E-state index in [1.807, 2.05) is 4.90 Å². The van der Waals surface area contributed by atoms with Gasteiger partial charge in [0.05, 0.1) is 17.5 Å². The molecule has 1 N–H and O–H groups in total. The number of nitrogens with zero attached hydrogens (tertiary/aromatic N) is 4. The van der Waals surface area contributed by atoms with Gasteiger partial charge < -0.3 is 19.9 Å². The van der Waals surface area contributed by atoms with E-state index in [-0.39, 0.29) is 36.9 Å². The fraction of sp³-hybridized carbons (Fsp3) is 0.692. The van der Waals surface area contributed by atoms with E-state index in [0.717, 1.165) is 12.3 Å². The van der Waals surface area contributed by atoms with E-state index in [9.17, 15) is 27.6 Å². The second kappa shape index (κ2) is 10.0. The molecule has 3 amide bonds. The van der Waals surface area contributed by atoms with E-state index in [2.05, 4.69) is 10.3 Å². The van der Waals surface area contributed by atoms with Gasteiger partial charge in [0.2, 0.25) is 11.8 Å². The van der Waals surface area contributed by atoms with E-state index < -0.39 is 28.8 Å². The largest absolute Gasteiger partial charge is 0.444 e. The first-order valence-corrected chi connectivity index (χ1v) is 12.8. The highest BCUT2D eigenvalue weighted by Crippen LogP contribution is 2.50. The minimum atomic E-state index is -4.52. The van der Waals surface area contributed by atoms with Gasteiger partial charge in [0.25, 0.3) is 0 Å². The van der Waals surface area contributed by atoms with Crippen molar-refractivity contribution in [2.24, 2.45) is 11.3 Å². The standard InChI is InChI=1S/C26H36F3N5O4/c1-24(2,3)38-23(37)31-19-9-18-13-33(14-21(35)32(4)5)15-25(18,10-19)22(36)34-7-6-20-16(12-34)8-17(11-30-20)26(27,28)29/h8,11,18-19H,6-7,9-10,12-15H2,1-5H3,(H,31,37)/t18-,19+,25-/m0/s1. The fourth-order valence-corrected chi connectivity index (χ4v) is 5.91. The second-order valence-electron chi connectivity index (χ2n) is 11.9. The molecule has 38 heavy (non-hydrogen) atoms. The Morgan fingerprint density at radius 1 is 1.24 bits per heavy atom. The zero-order valence-electron chi connectivity index (χ0n) is 22.5. The van der Waals surface area contributed by atoms with Gasteiger partial charge in [-0.1, -0.05) is 0 Å². The van der Waals surface area contributed by atoms with Gasteiger partial charge in [-0.05, 0) is 51.2 Å². The number of nitrogens with one attached hydrogen (secondary N) is 1. The van der Waals surface area contributed by atoms with Gasteiger partial charge in [0, 0.05) is 64.6 Å². The number of halogens is 3. The lowest BCUT2D eigenvalue weighted by molar-refractivity contribution is -0.144. The summed E-state index contributed by atoms with van der Waals surface area (Å²) in [5.74, 6) is -0.349. The van der Waals surface area contributed by atoms with Crippen LogP contribution >= 0.6 is 0 Å². The smallest absolute Gasteiger partial charge is 0.417 e. The first kappa shape index (κ1) is 28.1. The van der Waals surface area contributed by atoms with Crippen molar-refractivity contribution in [2.75, 3.05) is 40.3 Å². The Labute approximate surface area is 220 Å². The molecule has 1 aromatic heterocycles. The van der Waals surface area contributed by atoms with Crippen LogP contribution in [0.25, 0.3) is 0 Å². The summed E-state index contributed by atoms with van der Waals surface area (Å²) < 4.78 is 45.3. The molecule has 9 nitrogen and oxygen atoms in total. The number of ether oxygens (including phenoxy) is 1. The third kappa shape index (κ3) is 5.89. The molecule has 0 bridgehead atoms. The predicted octanol–water partition coefficient (Wildman–Crippen LogP) is 2.68.